The summed E-state index contributed by atoms with van der Waals surface area (Å²) < 4.78 is 18.4. The predicted octanol–water partition coefficient (Wildman–Crippen LogP) is 4.36. The maximum absolute atomic E-state index is 12.9. The molecule has 6 nitrogen and oxygen atoms in total. The second-order valence-electron chi connectivity index (χ2n) is 7.85. The quantitative estimate of drug-likeness (QED) is 0.794. The minimum atomic E-state index is -0.777. The van der Waals surface area contributed by atoms with Gasteiger partial charge in [0.05, 0.1) is 22.9 Å². The van der Waals surface area contributed by atoms with Crippen molar-refractivity contribution in [2.45, 2.75) is 58.1 Å². The summed E-state index contributed by atoms with van der Waals surface area (Å²) in [7, 11) is 1.63. The fourth-order valence-electron chi connectivity index (χ4n) is 3.16. The average Bonchev–Trinajstić information content (AvgIpc) is 3.07. The Morgan fingerprint density at radius 3 is 2.69 bits per heavy atom. The number of aromatic nitrogens is 1. The highest BCUT2D eigenvalue weighted by molar-refractivity contribution is 7.18. The number of ether oxygens (including phenoxy) is 3. The van der Waals surface area contributed by atoms with Gasteiger partial charge in [0, 0.05) is 7.11 Å². The lowest BCUT2D eigenvalue weighted by Gasteiger charge is -2.36. The van der Waals surface area contributed by atoms with E-state index >= 15 is 0 Å². The lowest BCUT2D eigenvalue weighted by Crippen LogP contribution is -2.51. The van der Waals surface area contributed by atoms with E-state index in [4.69, 9.17) is 19.2 Å². The van der Waals surface area contributed by atoms with Crippen LogP contribution in [-0.4, -0.2) is 47.1 Å². The molecule has 26 heavy (non-hydrogen) atoms. The number of carbonyl (C=O) groups is 1. The van der Waals surface area contributed by atoms with Gasteiger partial charge in [0.25, 0.3) is 0 Å². The maximum Gasteiger partial charge on any atom is 0.413 e. The number of benzene rings is 1. The Bertz CT molecular complexity index is 763. The van der Waals surface area contributed by atoms with E-state index < -0.39 is 17.4 Å². The van der Waals surface area contributed by atoms with Gasteiger partial charge in [0.2, 0.25) is 0 Å². The lowest BCUT2D eigenvalue weighted by molar-refractivity contribution is -0.0700. The van der Waals surface area contributed by atoms with E-state index in [1.165, 1.54) is 0 Å². The minimum absolute atomic E-state index is 0.314. The van der Waals surface area contributed by atoms with Crippen molar-refractivity contribution in [3.8, 4) is 0 Å². The Balaban J connectivity index is 1.94. The molecular weight excluding hydrogens is 352 g/mol. The molecular formula is C19H26N2O4S. The molecule has 1 fully saturated rings. The first-order valence-corrected chi connectivity index (χ1v) is 9.48. The van der Waals surface area contributed by atoms with Crippen molar-refractivity contribution >= 4 is 27.6 Å². The highest BCUT2D eigenvalue weighted by Crippen LogP contribution is 2.39. The second kappa shape index (κ2) is 6.79. The zero-order chi connectivity index (χ0) is 19.1. The molecule has 0 aliphatic carbocycles. The summed E-state index contributed by atoms with van der Waals surface area (Å²) in [6, 6.07) is 7.64. The fraction of sp³-hybridized carbons (Fsp3) is 0.579. The van der Waals surface area contributed by atoms with Crippen LogP contribution in [-0.2, 0) is 14.2 Å². The van der Waals surface area contributed by atoms with Gasteiger partial charge < -0.3 is 14.2 Å². The zero-order valence-electron chi connectivity index (χ0n) is 16.1. The maximum atomic E-state index is 12.9. The molecule has 0 bridgehead atoms. The molecule has 2 aromatic rings. The largest absolute Gasteiger partial charge is 0.444 e. The van der Waals surface area contributed by atoms with Crippen molar-refractivity contribution in [2.75, 3.05) is 13.7 Å². The summed E-state index contributed by atoms with van der Waals surface area (Å²) in [6.45, 7) is 9.65. The molecule has 1 aliphatic rings. The van der Waals surface area contributed by atoms with Gasteiger partial charge in [-0.3, -0.25) is 4.90 Å². The van der Waals surface area contributed by atoms with Crippen molar-refractivity contribution < 1.29 is 19.0 Å². The van der Waals surface area contributed by atoms with Crippen LogP contribution in [0.4, 0.5) is 4.79 Å². The highest BCUT2D eigenvalue weighted by atomic mass is 32.1. The summed E-state index contributed by atoms with van der Waals surface area (Å²) in [6.07, 6.45) is -0.796. The topological polar surface area (TPSA) is 60.9 Å². The molecule has 0 radical (unpaired) electrons. The van der Waals surface area contributed by atoms with Crippen LogP contribution in [0.2, 0.25) is 0 Å². The molecule has 0 saturated carbocycles. The van der Waals surface area contributed by atoms with Gasteiger partial charge >= 0.3 is 6.09 Å². The number of thiazole rings is 1. The molecule has 2 unspecified atom stereocenters. The number of rotatable bonds is 3. The number of fused-ring (bicyclic) bond motifs is 1. The van der Waals surface area contributed by atoms with Crippen LogP contribution in [0.3, 0.4) is 0 Å². The van der Waals surface area contributed by atoms with Crippen LogP contribution in [0.5, 0.6) is 0 Å². The normalized spacial score (nSPS) is 21.2. The van der Waals surface area contributed by atoms with E-state index in [0.717, 1.165) is 15.2 Å². The fourth-order valence-corrected chi connectivity index (χ4v) is 4.26. The second-order valence-corrected chi connectivity index (χ2v) is 8.91. The molecule has 0 spiro atoms. The third kappa shape index (κ3) is 3.70. The molecule has 1 saturated heterocycles. The summed E-state index contributed by atoms with van der Waals surface area (Å²) in [5, 5.41) is 0.827. The molecule has 1 amide bonds. The summed E-state index contributed by atoms with van der Waals surface area (Å²) in [4.78, 5) is 19.2. The van der Waals surface area contributed by atoms with Crippen molar-refractivity contribution in [3.63, 3.8) is 0 Å². The van der Waals surface area contributed by atoms with Crippen molar-refractivity contribution in [3.05, 3.63) is 29.3 Å². The molecule has 3 rings (SSSR count). The number of nitrogens with zero attached hydrogens (tertiary/aromatic N) is 2. The third-order valence-electron chi connectivity index (χ3n) is 4.27. The first-order chi connectivity index (χ1) is 12.1. The highest BCUT2D eigenvalue weighted by Gasteiger charge is 2.49. The minimum Gasteiger partial charge on any atom is -0.444 e. The van der Waals surface area contributed by atoms with E-state index in [0.29, 0.717) is 6.61 Å². The standard InChI is InChI=1S/C19H26N2O4S/c1-18(2,3)25-17(22)21-13(11-24-19(21,4)5)15(23-6)16-20-12-9-7-8-10-14(12)26-16/h7-10,13,15H,11H2,1-6H3. The SMILES string of the molecule is COC(c1nc2ccccc2s1)C1COC(C)(C)N1C(=O)OC(C)(C)C. The number of methoxy groups -OCH3 is 1. The van der Waals surface area contributed by atoms with E-state index in [1.54, 1.807) is 23.3 Å². The van der Waals surface area contributed by atoms with Gasteiger partial charge in [0.1, 0.15) is 22.4 Å². The van der Waals surface area contributed by atoms with Gasteiger partial charge in [-0.15, -0.1) is 11.3 Å². The number of hydrogen-bond acceptors (Lipinski definition) is 6. The van der Waals surface area contributed by atoms with E-state index in [2.05, 4.69) is 0 Å². The van der Waals surface area contributed by atoms with Gasteiger partial charge in [-0.2, -0.15) is 0 Å². The summed E-state index contributed by atoms with van der Waals surface area (Å²) >= 11 is 1.57. The number of para-hydroxylation sites is 1. The number of carbonyl (C=O) groups excluding carboxylic acids is 1. The zero-order valence-corrected chi connectivity index (χ0v) is 16.9. The van der Waals surface area contributed by atoms with E-state index in [1.807, 2.05) is 58.9 Å². The van der Waals surface area contributed by atoms with Crippen LogP contribution < -0.4 is 0 Å². The Hall–Kier alpha value is -1.70. The summed E-state index contributed by atoms with van der Waals surface area (Å²) in [5.74, 6) is 0. The average molecular weight is 378 g/mol. The number of hydrogen-bond donors (Lipinski definition) is 0. The molecule has 0 N–H and O–H groups in total. The van der Waals surface area contributed by atoms with Gasteiger partial charge in [0.15, 0.2) is 0 Å². The molecule has 1 aliphatic heterocycles. The lowest BCUT2D eigenvalue weighted by atomic mass is 10.1. The molecule has 1 aromatic heterocycles. The Kier molecular flexibility index (Phi) is 4.98. The van der Waals surface area contributed by atoms with Crippen LogP contribution in [0.15, 0.2) is 24.3 Å². The summed E-state index contributed by atoms with van der Waals surface area (Å²) in [5.41, 5.74) is -0.435. The monoisotopic (exact) mass is 378 g/mol. The van der Waals surface area contributed by atoms with E-state index in [-0.39, 0.29) is 12.1 Å². The number of amides is 1. The van der Waals surface area contributed by atoms with Crippen molar-refractivity contribution in [1.29, 1.82) is 0 Å². The van der Waals surface area contributed by atoms with Gasteiger partial charge in [-0.25, -0.2) is 9.78 Å². The Labute approximate surface area is 158 Å². The third-order valence-corrected chi connectivity index (χ3v) is 5.36. The van der Waals surface area contributed by atoms with Crippen LogP contribution in [0.1, 0.15) is 45.7 Å². The predicted molar refractivity (Wildman–Crippen MR) is 101 cm³/mol. The molecule has 1 aromatic carbocycles. The van der Waals surface area contributed by atoms with Crippen molar-refractivity contribution in [2.24, 2.45) is 0 Å². The molecule has 2 heterocycles. The Morgan fingerprint density at radius 2 is 2.08 bits per heavy atom. The first-order valence-electron chi connectivity index (χ1n) is 8.67. The molecule has 7 heteroatoms. The van der Waals surface area contributed by atoms with Gasteiger partial charge in [-0.1, -0.05) is 12.1 Å². The van der Waals surface area contributed by atoms with Crippen LogP contribution in [0, 0.1) is 0 Å². The molecule has 142 valence electrons. The Morgan fingerprint density at radius 1 is 1.38 bits per heavy atom. The molecule has 2 atom stereocenters. The van der Waals surface area contributed by atoms with Crippen LogP contribution >= 0.6 is 11.3 Å². The van der Waals surface area contributed by atoms with Crippen LogP contribution in [0.25, 0.3) is 10.2 Å². The first kappa shape index (κ1) is 19.1. The van der Waals surface area contributed by atoms with Crippen molar-refractivity contribution in [1.82, 2.24) is 9.88 Å². The van der Waals surface area contributed by atoms with Gasteiger partial charge in [-0.05, 0) is 46.8 Å². The smallest absolute Gasteiger partial charge is 0.413 e. The van der Waals surface area contributed by atoms with E-state index in [9.17, 15) is 4.79 Å².